The Kier molecular flexibility index (Phi) is 4.78. The molecule has 1 fully saturated rings. The van der Waals surface area contributed by atoms with Crippen molar-refractivity contribution in [3.63, 3.8) is 0 Å². The molecule has 2 atom stereocenters. The van der Waals surface area contributed by atoms with Gasteiger partial charge in [-0.15, -0.1) is 0 Å². The Morgan fingerprint density at radius 1 is 1.30 bits per heavy atom. The lowest BCUT2D eigenvalue weighted by atomic mass is 9.94. The summed E-state index contributed by atoms with van der Waals surface area (Å²) in [7, 11) is -1.78. The smallest absolute Gasteiger partial charge is 0.260 e. The second kappa shape index (κ2) is 6.20. The number of nitrogens with zero attached hydrogens (tertiary/aromatic N) is 3. The molecule has 20 heavy (non-hydrogen) atoms. The van der Waals surface area contributed by atoms with Crippen LogP contribution in [0.2, 0.25) is 0 Å². The van der Waals surface area contributed by atoms with Gasteiger partial charge in [0, 0.05) is 26.3 Å². The molecule has 0 amide bonds. The summed E-state index contributed by atoms with van der Waals surface area (Å²) in [5.74, 6) is 0.827. The molecule has 0 saturated carbocycles. The zero-order chi connectivity index (χ0) is 14.8. The molecule has 1 aromatic rings. The molecule has 0 aromatic carbocycles. The highest BCUT2D eigenvalue weighted by Crippen LogP contribution is 2.24. The number of hydrogen-bond acceptors (Lipinski definition) is 3. The Labute approximate surface area is 121 Å². The third kappa shape index (κ3) is 3.56. The van der Waals surface area contributed by atoms with Crippen molar-refractivity contribution in [1.29, 1.82) is 0 Å². The zero-order valence-corrected chi connectivity index (χ0v) is 13.2. The maximum atomic E-state index is 12.6. The highest BCUT2D eigenvalue weighted by molar-refractivity contribution is 7.86. The monoisotopic (exact) mass is 297 g/mol. The van der Waals surface area contributed by atoms with E-state index < -0.39 is 10.2 Å². The predicted molar refractivity (Wildman–Crippen MR) is 79.1 cm³/mol. The van der Waals surface area contributed by atoms with Crippen molar-refractivity contribution in [2.45, 2.75) is 26.8 Å². The summed E-state index contributed by atoms with van der Waals surface area (Å²) in [4.78, 5) is 4.18. The Morgan fingerprint density at radius 2 is 1.95 bits per heavy atom. The van der Waals surface area contributed by atoms with E-state index in [-0.39, 0.29) is 0 Å². The first-order chi connectivity index (χ1) is 9.39. The minimum atomic E-state index is -3.40. The lowest BCUT2D eigenvalue weighted by molar-refractivity contribution is 0.211. The van der Waals surface area contributed by atoms with Crippen molar-refractivity contribution >= 4 is 10.2 Å². The van der Waals surface area contributed by atoms with Gasteiger partial charge in [-0.05, 0) is 30.4 Å². The van der Waals surface area contributed by atoms with Crippen LogP contribution in [0, 0.1) is 11.8 Å². The fourth-order valence-electron chi connectivity index (χ4n) is 2.79. The van der Waals surface area contributed by atoms with Crippen LogP contribution in [0.1, 0.15) is 26.0 Å². The van der Waals surface area contributed by atoms with Gasteiger partial charge in [-0.3, -0.25) is 4.98 Å². The van der Waals surface area contributed by atoms with E-state index in [0.29, 0.717) is 31.5 Å². The summed E-state index contributed by atoms with van der Waals surface area (Å²) < 4.78 is 28.2. The second-order valence-corrected chi connectivity index (χ2v) is 7.88. The minimum absolute atomic E-state index is 0.308. The largest absolute Gasteiger partial charge is 0.282 e. The van der Waals surface area contributed by atoms with Crippen molar-refractivity contribution in [3.05, 3.63) is 30.1 Å². The second-order valence-electron chi connectivity index (χ2n) is 5.85. The van der Waals surface area contributed by atoms with Crippen LogP contribution in [-0.2, 0) is 16.8 Å². The van der Waals surface area contributed by atoms with Gasteiger partial charge in [0.05, 0.1) is 12.2 Å². The summed E-state index contributed by atoms with van der Waals surface area (Å²) in [6.45, 7) is 5.74. The van der Waals surface area contributed by atoms with Gasteiger partial charge < -0.3 is 0 Å². The number of aromatic nitrogens is 1. The number of hydrogen-bond donors (Lipinski definition) is 0. The maximum absolute atomic E-state index is 12.6. The molecule has 6 heteroatoms. The van der Waals surface area contributed by atoms with E-state index >= 15 is 0 Å². The third-order valence-electron chi connectivity index (χ3n) is 3.67. The van der Waals surface area contributed by atoms with Crippen LogP contribution >= 0.6 is 0 Å². The molecule has 0 bridgehead atoms. The molecule has 0 radical (unpaired) electrons. The molecule has 0 spiro atoms. The predicted octanol–water partition coefficient (Wildman–Crippen LogP) is 1.74. The van der Waals surface area contributed by atoms with Gasteiger partial charge in [0.25, 0.3) is 10.2 Å². The third-order valence-corrected chi connectivity index (χ3v) is 5.53. The highest BCUT2D eigenvalue weighted by Gasteiger charge is 2.33. The first kappa shape index (κ1) is 15.4. The Morgan fingerprint density at radius 3 is 2.50 bits per heavy atom. The Hall–Kier alpha value is -0.980. The van der Waals surface area contributed by atoms with Gasteiger partial charge in [0.2, 0.25) is 0 Å². The van der Waals surface area contributed by atoms with Crippen molar-refractivity contribution in [2.75, 3.05) is 20.1 Å². The van der Waals surface area contributed by atoms with Gasteiger partial charge in [0.1, 0.15) is 0 Å². The first-order valence-electron chi connectivity index (χ1n) is 7.01. The maximum Gasteiger partial charge on any atom is 0.282 e. The van der Waals surface area contributed by atoms with Crippen LogP contribution in [0.3, 0.4) is 0 Å². The van der Waals surface area contributed by atoms with Crippen LogP contribution in [0.25, 0.3) is 0 Å². The summed E-state index contributed by atoms with van der Waals surface area (Å²) >= 11 is 0. The summed E-state index contributed by atoms with van der Waals surface area (Å²) in [6.07, 6.45) is 2.77. The molecule has 1 aromatic heterocycles. The SMILES string of the molecule is C[C@@H]1C[C@H](C)CN(S(=O)(=O)N(C)Cc2ccccn2)C1. The molecule has 0 N–H and O–H groups in total. The van der Waals surface area contributed by atoms with Gasteiger partial charge >= 0.3 is 0 Å². The molecule has 2 heterocycles. The summed E-state index contributed by atoms with van der Waals surface area (Å²) in [5.41, 5.74) is 0.761. The lowest BCUT2D eigenvalue weighted by Crippen LogP contribution is -2.48. The Bertz CT molecular complexity index is 523. The van der Waals surface area contributed by atoms with Crippen LogP contribution in [-0.4, -0.2) is 42.1 Å². The van der Waals surface area contributed by atoms with E-state index in [1.54, 1.807) is 17.5 Å². The molecule has 112 valence electrons. The fourth-order valence-corrected chi connectivity index (χ4v) is 4.37. The normalized spacial score (nSPS) is 25.0. The summed E-state index contributed by atoms with van der Waals surface area (Å²) in [6, 6.07) is 5.54. The van der Waals surface area contributed by atoms with E-state index in [1.807, 2.05) is 18.2 Å². The molecule has 1 saturated heterocycles. The topological polar surface area (TPSA) is 53.5 Å². The van der Waals surface area contributed by atoms with E-state index in [2.05, 4.69) is 18.8 Å². The van der Waals surface area contributed by atoms with E-state index in [0.717, 1.165) is 12.1 Å². The molecular formula is C14H23N3O2S. The van der Waals surface area contributed by atoms with E-state index in [9.17, 15) is 8.42 Å². The van der Waals surface area contributed by atoms with Crippen molar-refractivity contribution in [1.82, 2.24) is 13.6 Å². The molecule has 2 rings (SSSR count). The molecule has 0 aliphatic carbocycles. The van der Waals surface area contributed by atoms with Crippen molar-refractivity contribution in [3.8, 4) is 0 Å². The van der Waals surface area contributed by atoms with Crippen molar-refractivity contribution < 1.29 is 8.42 Å². The van der Waals surface area contributed by atoms with Crippen LogP contribution in [0.4, 0.5) is 0 Å². The minimum Gasteiger partial charge on any atom is -0.260 e. The molecule has 1 aliphatic heterocycles. The van der Waals surface area contributed by atoms with Crippen LogP contribution in [0.5, 0.6) is 0 Å². The summed E-state index contributed by atoms with van der Waals surface area (Å²) in [5, 5.41) is 0. The first-order valence-corrected chi connectivity index (χ1v) is 8.40. The van der Waals surface area contributed by atoms with Crippen LogP contribution < -0.4 is 0 Å². The average molecular weight is 297 g/mol. The lowest BCUT2D eigenvalue weighted by Gasteiger charge is -2.36. The number of pyridine rings is 1. The fraction of sp³-hybridized carbons (Fsp3) is 0.643. The van der Waals surface area contributed by atoms with Gasteiger partial charge in [0.15, 0.2) is 0 Å². The van der Waals surface area contributed by atoms with Gasteiger partial charge in [-0.1, -0.05) is 19.9 Å². The average Bonchev–Trinajstić information content (AvgIpc) is 2.38. The highest BCUT2D eigenvalue weighted by atomic mass is 32.2. The van der Waals surface area contributed by atoms with E-state index in [1.165, 1.54) is 4.31 Å². The van der Waals surface area contributed by atoms with E-state index in [4.69, 9.17) is 0 Å². The quantitative estimate of drug-likeness (QED) is 0.850. The Balaban J connectivity index is 2.09. The molecule has 0 unspecified atom stereocenters. The van der Waals surface area contributed by atoms with Crippen LogP contribution in [0.15, 0.2) is 24.4 Å². The van der Waals surface area contributed by atoms with Gasteiger partial charge in [-0.25, -0.2) is 0 Å². The number of rotatable bonds is 4. The molecule has 1 aliphatic rings. The molecule has 5 nitrogen and oxygen atoms in total. The standard InChI is InChI=1S/C14H23N3O2S/c1-12-8-13(2)10-17(9-12)20(18,19)16(3)11-14-6-4-5-7-15-14/h4-7,12-13H,8-11H2,1-3H3/t12-,13+. The van der Waals surface area contributed by atoms with Crippen molar-refractivity contribution in [2.24, 2.45) is 11.8 Å². The van der Waals surface area contributed by atoms with Gasteiger partial charge in [-0.2, -0.15) is 17.0 Å². The molecular weight excluding hydrogens is 274 g/mol. The zero-order valence-electron chi connectivity index (χ0n) is 12.4. The number of piperidine rings is 1.